The fraction of sp³-hybridized carbons (Fsp3) is 0.138. The molecule has 2 amide bonds. The van der Waals surface area contributed by atoms with E-state index in [1.807, 2.05) is 24.3 Å². The molecule has 10 nitrogen and oxygen atoms in total. The van der Waals surface area contributed by atoms with Crippen molar-refractivity contribution in [3.63, 3.8) is 0 Å². The molecule has 4 heterocycles. The number of hydrogen-bond donors (Lipinski definition) is 3. The molecular weight excluding hydrogens is 545 g/mol. The molecule has 1 aliphatic heterocycles. The van der Waals surface area contributed by atoms with E-state index in [0.717, 1.165) is 10.1 Å². The van der Waals surface area contributed by atoms with E-state index in [0.29, 0.717) is 40.7 Å². The largest absolute Gasteiger partial charge is 0.336 e. The Bertz CT molecular complexity index is 1820. The highest BCUT2D eigenvalue weighted by Crippen LogP contribution is 2.29. The van der Waals surface area contributed by atoms with Crippen molar-refractivity contribution in [2.45, 2.75) is 0 Å². The Morgan fingerprint density at radius 2 is 1.90 bits per heavy atom. The number of amides is 2. The molecule has 2 aromatic carbocycles. The number of thiophene rings is 1. The van der Waals surface area contributed by atoms with Gasteiger partial charge in [-0.2, -0.15) is 5.10 Å². The third-order valence-electron chi connectivity index (χ3n) is 6.63. The molecule has 0 atom stereocenters. The number of aromatic nitrogens is 3. The molecule has 0 radical (unpaired) electrons. The molecule has 1 aliphatic rings. The van der Waals surface area contributed by atoms with Crippen molar-refractivity contribution in [2.75, 3.05) is 35.2 Å². The monoisotopic (exact) mass is 569 g/mol. The lowest BCUT2D eigenvalue weighted by Gasteiger charge is -2.27. The van der Waals surface area contributed by atoms with E-state index in [1.54, 1.807) is 35.4 Å². The van der Waals surface area contributed by atoms with E-state index in [4.69, 9.17) is 0 Å². The maximum atomic E-state index is 14.7. The molecular formula is C29H24FN7O3S. The third kappa shape index (κ3) is 5.42. The minimum atomic E-state index is -0.598. The van der Waals surface area contributed by atoms with Gasteiger partial charge in [-0.15, -0.1) is 11.3 Å². The molecule has 41 heavy (non-hydrogen) atoms. The van der Waals surface area contributed by atoms with Crippen LogP contribution in [0.3, 0.4) is 0 Å². The summed E-state index contributed by atoms with van der Waals surface area (Å²) in [7, 11) is 1.51. The van der Waals surface area contributed by atoms with Crippen LogP contribution in [0.25, 0.3) is 21.3 Å². The van der Waals surface area contributed by atoms with Gasteiger partial charge in [-0.1, -0.05) is 18.2 Å². The smallest absolute Gasteiger partial charge is 0.290 e. The maximum absolute atomic E-state index is 14.7. The number of hydrogen-bond acceptors (Lipinski definition) is 8. The first-order valence-corrected chi connectivity index (χ1v) is 13.6. The predicted molar refractivity (Wildman–Crippen MR) is 157 cm³/mol. The molecule has 0 spiro atoms. The second-order valence-corrected chi connectivity index (χ2v) is 10.5. The van der Waals surface area contributed by atoms with Gasteiger partial charge in [0.15, 0.2) is 0 Å². The first-order valence-electron chi connectivity index (χ1n) is 12.8. The Morgan fingerprint density at radius 1 is 1.05 bits per heavy atom. The van der Waals surface area contributed by atoms with Crippen LogP contribution in [-0.2, 0) is 11.8 Å². The summed E-state index contributed by atoms with van der Waals surface area (Å²) in [5.41, 5.74) is 1.36. The fourth-order valence-electron chi connectivity index (χ4n) is 4.53. The molecule has 3 aromatic heterocycles. The normalized spacial score (nSPS) is 13.4. The van der Waals surface area contributed by atoms with E-state index >= 15 is 0 Å². The number of nitrogens with zero attached hydrogens (tertiary/aromatic N) is 4. The van der Waals surface area contributed by atoms with Crippen LogP contribution in [0.2, 0.25) is 0 Å². The van der Waals surface area contributed by atoms with E-state index < -0.39 is 17.3 Å². The van der Waals surface area contributed by atoms with Crippen molar-refractivity contribution >= 4 is 56.1 Å². The van der Waals surface area contributed by atoms with Crippen LogP contribution < -0.4 is 26.4 Å². The van der Waals surface area contributed by atoms with Gasteiger partial charge in [0.1, 0.15) is 17.3 Å². The van der Waals surface area contributed by atoms with E-state index in [2.05, 4.69) is 26.0 Å². The van der Waals surface area contributed by atoms with Gasteiger partial charge < -0.3 is 20.9 Å². The molecule has 3 N–H and O–H groups in total. The predicted octanol–water partition coefficient (Wildman–Crippen LogP) is 4.13. The van der Waals surface area contributed by atoms with Crippen molar-refractivity contribution in [1.82, 2.24) is 20.1 Å². The summed E-state index contributed by atoms with van der Waals surface area (Å²) in [5.74, 6) is -0.653. The third-order valence-corrected chi connectivity index (χ3v) is 7.75. The first kappa shape index (κ1) is 26.3. The summed E-state index contributed by atoms with van der Waals surface area (Å²) in [4.78, 5) is 44.4. The number of pyridine rings is 1. The lowest BCUT2D eigenvalue weighted by molar-refractivity contribution is -0.118. The number of anilines is 4. The summed E-state index contributed by atoms with van der Waals surface area (Å²) in [6, 6.07) is 18.6. The van der Waals surface area contributed by atoms with E-state index in [-0.39, 0.29) is 23.8 Å². The van der Waals surface area contributed by atoms with Crippen LogP contribution >= 0.6 is 11.3 Å². The van der Waals surface area contributed by atoms with Crippen LogP contribution in [0, 0.1) is 5.82 Å². The van der Waals surface area contributed by atoms with Gasteiger partial charge >= 0.3 is 0 Å². The Morgan fingerprint density at radius 3 is 2.68 bits per heavy atom. The van der Waals surface area contributed by atoms with Crippen molar-refractivity contribution < 1.29 is 14.0 Å². The van der Waals surface area contributed by atoms with Gasteiger partial charge in [-0.05, 0) is 53.9 Å². The van der Waals surface area contributed by atoms with E-state index in [1.165, 1.54) is 41.3 Å². The summed E-state index contributed by atoms with van der Waals surface area (Å²) in [6.07, 6.45) is 1.57. The fourth-order valence-corrected chi connectivity index (χ4v) is 5.49. The number of carbonyl (C=O) groups excluding carboxylic acids is 2. The molecule has 12 heteroatoms. The number of piperazine rings is 1. The number of fused-ring (bicyclic) bond motifs is 1. The highest BCUT2D eigenvalue weighted by atomic mass is 32.1. The molecule has 0 saturated carbocycles. The standard InChI is InChI=1S/C29H24FN7O3S/c1-36-29(40)23(33-26-9-7-19(15-32-26)37-11-10-31-16-27(37)38)14-21(35-36)17-6-8-20(30)22(12-17)34-28(39)25-13-18-4-2-3-5-24(18)41-25/h2-9,12-15,31H,10-11,16H2,1H3,(H,32,33)(H,34,39). The summed E-state index contributed by atoms with van der Waals surface area (Å²) >= 11 is 1.33. The minimum Gasteiger partial charge on any atom is -0.336 e. The number of aryl methyl sites for hydroxylation is 1. The Labute approximate surface area is 237 Å². The minimum absolute atomic E-state index is 0.00478. The number of benzene rings is 2. The SMILES string of the molecule is Cn1nc(-c2ccc(F)c(NC(=O)c3cc4ccccc4s3)c2)cc(Nc2ccc(N3CCNCC3=O)cn2)c1=O. The van der Waals surface area contributed by atoms with Crippen LogP contribution in [-0.4, -0.2) is 46.2 Å². The lowest BCUT2D eigenvalue weighted by Crippen LogP contribution is -2.48. The number of halogens is 1. The van der Waals surface area contributed by atoms with Gasteiger partial charge in [0.05, 0.1) is 34.7 Å². The quantitative estimate of drug-likeness (QED) is 0.281. The zero-order valence-corrected chi connectivity index (χ0v) is 22.7. The molecule has 206 valence electrons. The molecule has 0 bridgehead atoms. The van der Waals surface area contributed by atoms with Gasteiger partial charge in [0, 0.05) is 30.4 Å². The van der Waals surface area contributed by atoms with Crippen LogP contribution in [0.1, 0.15) is 9.67 Å². The van der Waals surface area contributed by atoms with Gasteiger partial charge in [0.25, 0.3) is 11.5 Å². The van der Waals surface area contributed by atoms with Crippen LogP contribution in [0.15, 0.2) is 77.7 Å². The zero-order chi connectivity index (χ0) is 28.5. The second-order valence-electron chi connectivity index (χ2n) is 9.42. The Hall–Kier alpha value is -4.94. The molecule has 0 aliphatic carbocycles. The Kier molecular flexibility index (Phi) is 7.00. The topological polar surface area (TPSA) is 121 Å². The van der Waals surface area contributed by atoms with Crippen LogP contribution in [0.5, 0.6) is 0 Å². The zero-order valence-electron chi connectivity index (χ0n) is 21.8. The summed E-state index contributed by atoms with van der Waals surface area (Å²) < 4.78 is 16.9. The summed E-state index contributed by atoms with van der Waals surface area (Å²) in [5, 5.41) is 14.0. The van der Waals surface area contributed by atoms with Crippen molar-refractivity contribution in [1.29, 1.82) is 0 Å². The average Bonchev–Trinajstić information content (AvgIpc) is 3.42. The van der Waals surface area contributed by atoms with Gasteiger partial charge in [-0.25, -0.2) is 14.1 Å². The molecule has 0 unspecified atom stereocenters. The van der Waals surface area contributed by atoms with E-state index in [9.17, 15) is 18.8 Å². The molecule has 1 fully saturated rings. The Balaban J connectivity index is 1.24. The molecule has 6 rings (SSSR count). The highest BCUT2D eigenvalue weighted by Gasteiger charge is 2.20. The van der Waals surface area contributed by atoms with Gasteiger partial charge in [-0.3, -0.25) is 14.4 Å². The molecule has 1 saturated heterocycles. The number of nitrogens with one attached hydrogen (secondary N) is 3. The summed E-state index contributed by atoms with van der Waals surface area (Å²) in [6.45, 7) is 1.52. The number of carbonyl (C=O) groups is 2. The van der Waals surface area contributed by atoms with Gasteiger partial charge in [0.2, 0.25) is 5.91 Å². The van der Waals surface area contributed by atoms with Crippen molar-refractivity contribution in [3.05, 3.63) is 94.0 Å². The lowest BCUT2D eigenvalue weighted by atomic mass is 10.1. The van der Waals surface area contributed by atoms with Crippen molar-refractivity contribution in [3.8, 4) is 11.3 Å². The second kappa shape index (κ2) is 10.9. The highest BCUT2D eigenvalue weighted by molar-refractivity contribution is 7.20. The van der Waals surface area contributed by atoms with Crippen molar-refractivity contribution in [2.24, 2.45) is 7.05 Å². The number of rotatable bonds is 6. The molecule has 5 aromatic rings. The first-order chi connectivity index (χ1) is 19.9. The average molecular weight is 570 g/mol. The maximum Gasteiger partial charge on any atom is 0.290 e. The van der Waals surface area contributed by atoms with Crippen LogP contribution in [0.4, 0.5) is 27.3 Å².